The zero-order chi connectivity index (χ0) is 23.3. The molecule has 0 heterocycles. The first kappa shape index (κ1) is 23.8. The molecular weight excluding hydrogens is 468 g/mol. The van der Waals surface area contributed by atoms with Crippen LogP contribution in [0.1, 0.15) is 27.0 Å². The lowest BCUT2D eigenvalue weighted by Gasteiger charge is -2.13. The molecule has 0 bridgehead atoms. The van der Waals surface area contributed by atoms with Gasteiger partial charge in [-0.25, -0.2) is 4.79 Å². The third-order valence-corrected chi connectivity index (χ3v) is 5.01. The first-order valence-corrected chi connectivity index (χ1v) is 10.0. The lowest BCUT2D eigenvalue weighted by Crippen LogP contribution is -2.08. The number of alkyl halides is 3. The van der Waals surface area contributed by atoms with E-state index in [9.17, 15) is 18.0 Å². The molecule has 0 aliphatic heterocycles. The van der Waals surface area contributed by atoms with Crippen molar-refractivity contribution >= 4 is 29.2 Å². The topological polar surface area (TPSA) is 44.8 Å². The summed E-state index contributed by atoms with van der Waals surface area (Å²) >= 11 is 12.0. The quantitative estimate of drug-likeness (QED) is 0.340. The standard InChI is InChI=1S/C23H17Cl2F3O4/c1-30-21-10-15(6-8-20(21)31-13-16-5-7-18(24)11-19(16)25)22(29)32-12-14-3-2-4-17(9-14)23(26,27)28/h2-11H,12-13H2,1H3. The molecular formula is C23H17Cl2F3O4. The SMILES string of the molecule is COc1cc(C(=O)OCc2cccc(C(F)(F)F)c2)ccc1OCc1ccc(Cl)cc1Cl. The van der Waals surface area contributed by atoms with Crippen LogP contribution < -0.4 is 9.47 Å². The summed E-state index contributed by atoms with van der Waals surface area (Å²) in [6.45, 7) is -0.163. The summed E-state index contributed by atoms with van der Waals surface area (Å²) in [6, 6.07) is 14.0. The molecule has 3 rings (SSSR count). The van der Waals surface area contributed by atoms with Crippen molar-refractivity contribution in [1.82, 2.24) is 0 Å². The van der Waals surface area contributed by atoms with Crippen molar-refractivity contribution in [3.8, 4) is 11.5 Å². The van der Waals surface area contributed by atoms with Crippen LogP contribution in [0.4, 0.5) is 13.2 Å². The molecule has 0 unspecified atom stereocenters. The van der Waals surface area contributed by atoms with Gasteiger partial charge >= 0.3 is 12.1 Å². The summed E-state index contributed by atoms with van der Waals surface area (Å²) in [5.41, 5.74) is 0.281. The van der Waals surface area contributed by atoms with Crippen LogP contribution in [0.15, 0.2) is 60.7 Å². The molecule has 3 aromatic rings. The van der Waals surface area contributed by atoms with Gasteiger partial charge in [-0.2, -0.15) is 13.2 Å². The third-order valence-electron chi connectivity index (χ3n) is 4.42. The molecule has 0 N–H and O–H groups in total. The van der Waals surface area contributed by atoms with E-state index < -0.39 is 17.7 Å². The molecule has 32 heavy (non-hydrogen) atoms. The van der Waals surface area contributed by atoms with Crippen molar-refractivity contribution in [2.24, 2.45) is 0 Å². The molecule has 0 spiro atoms. The predicted octanol–water partition coefficient (Wildman–Crippen LogP) is 6.96. The van der Waals surface area contributed by atoms with E-state index >= 15 is 0 Å². The van der Waals surface area contributed by atoms with Crippen LogP contribution in [0.2, 0.25) is 10.0 Å². The van der Waals surface area contributed by atoms with Gasteiger partial charge in [0.15, 0.2) is 11.5 Å². The van der Waals surface area contributed by atoms with Crippen LogP contribution in [-0.4, -0.2) is 13.1 Å². The lowest BCUT2D eigenvalue weighted by molar-refractivity contribution is -0.137. The van der Waals surface area contributed by atoms with E-state index in [4.69, 9.17) is 37.4 Å². The summed E-state index contributed by atoms with van der Waals surface area (Å²) in [5, 5.41) is 0.954. The maximum atomic E-state index is 12.8. The van der Waals surface area contributed by atoms with Gasteiger partial charge in [-0.15, -0.1) is 0 Å². The fourth-order valence-corrected chi connectivity index (χ4v) is 3.24. The van der Waals surface area contributed by atoms with Gasteiger partial charge in [-0.1, -0.05) is 41.4 Å². The van der Waals surface area contributed by atoms with Crippen LogP contribution in [0, 0.1) is 0 Å². The first-order valence-electron chi connectivity index (χ1n) is 9.25. The van der Waals surface area contributed by atoms with Crippen molar-refractivity contribution in [1.29, 1.82) is 0 Å². The Morgan fingerprint density at radius 3 is 2.41 bits per heavy atom. The number of hydrogen-bond donors (Lipinski definition) is 0. The average Bonchev–Trinajstić information content (AvgIpc) is 2.76. The van der Waals surface area contributed by atoms with Gasteiger partial charge in [-0.05, 0) is 48.0 Å². The summed E-state index contributed by atoms with van der Waals surface area (Å²) in [5.74, 6) is -0.0652. The Balaban J connectivity index is 1.66. The largest absolute Gasteiger partial charge is 0.493 e. The van der Waals surface area contributed by atoms with Gasteiger partial charge in [0.1, 0.15) is 13.2 Å². The summed E-state index contributed by atoms with van der Waals surface area (Å²) in [6.07, 6.45) is -4.47. The Hall–Kier alpha value is -2.90. The summed E-state index contributed by atoms with van der Waals surface area (Å²) < 4.78 is 54.6. The highest BCUT2D eigenvalue weighted by molar-refractivity contribution is 6.35. The molecule has 0 saturated carbocycles. The van der Waals surface area contributed by atoms with E-state index in [1.165, 1.54) is 37.4 Å². The molecule has 0 radical (unpaired) electrons. The monoisotopic (exact) mass is 484 g/mol. The fraction of sp³-hybridized carbons (Fsp3) is 0.174. The van der Waals surface area contributed by atoms with E-state index in [-0.39, 0.29) is 30.1 Å². The number of carbonyl (C=O) groups is 1. The van der Waals surface area contributed by atoms with Crippen LogP contribution in [-0.2, 0) is 24.1 Å². The van der Waals surface area contributed by atoms with Crippen molar-refractivity contribution in [3.05, 3.63) is 93.0 Å². The maximum absolute atomic E-state index is 12.8. The molecule has 0 saturated heterocycles. The normalized spacial score (nSPS) is 11.2. The highest BCUT2D eigenvalue weighted by Gasteiger charge is 2.30. The van der Waals surface area contributed by atoms with Crippen LogP contribution in [0.3, 0.4) is 0 Å². The Bertz CT molecular complexity index is 1120. The Kier molecular flexibility index (Phi) is 7.53. The van der Waals surface area contributed by atoms with Crippen LogP contribution >= 0.6 is 23.2 Å². The highest BCUT2D eigenvalue weighted by atomic mass is 35.5. The second-order valence-corrected chi connectivity index (χ2v) is 7.51. The molecule has 3 aromatic carbocycles. The number of esters is 1. The van der Waals surface area contributed by atoms with Gasteiger partial charge in [0.2, 0.25) is 0 Å². The van der Waals surface area contributed by atoms with Gasteiger partial charge in [-0.3, -0.25) is 0 Å². The second-order valence-electron chi connectivity index (χ2n) is 6.66. The Morgan fingerprint density at radius 2 is 1.72 bits per heavy atom. The molecule has 0 atom stereocenters. The number of benzene rings is 3. The first-order chi connectivity index (χ1) is 15.2. The van der Waals surface area contributed by atoms with E-state index in [1.807, 2.05) is 0 Å². The van der Waals surface area contributed by atoms with E-state index in [1.54, 1.807) is 18.2 Å². The van der Waals surface area contributed by atoms with E-state index in [2.05, 4.69) is 0 Å². The fourth-order valence-electron chi connectivity index (χ4n) is 2.78. The number of carbonyl (C=O) groups excluding carboxylic acids is 1. The number of halogens is 5. The number of methoxy groups -OCH3 is 1. The average molecular weight is 485 g/mol. The zero-order valence-electron chi connectivity index (χ0n) is 16.7. The molecule has 0 aromatic heterocycles. The molecule has 0 aliphatic rings. The summed E-state index contributed by atoms with van der Waals surface area (Å²) in [4.78, 5) is 12.4. The van der Waals surface area contributed by atoms with E-state index in [0.29, 0.717) is 21.4 Å². The van der Waals surface area contributed by atoms with Crippen molar-refractivity contribution in [3.63, 3.8) is 0 Å². The molecule has 0 amide bonds. The molecule has 168 valence electrons. The van der Waals surface area contributed by atoms with Crippen LogP contribution in [0.5, 0.6) is 11.5 Å². The Labute approximate surface area is 192 Å². The highest BCUT2D eigenvalue weighted by Crippen LogP contribution is 2.31. The molecule has 0 aliphatic carbocycles. The van der Waals surface area contributed by atoms with E-state index in [0.717, 1.165) is 12.1 Å². The van der Waals surface area contributed by atoms with Crippen molar-refractivity contribution < 1.29 is 32.2 Å². The molecule has 4 nitrogen and oxygen atoms in total. The number of rotatable bonds is 7. The minimum absolute atomic E-state index is 0.145. The smallest absolute Gasteiger partial charge is 0.416 e. The van der Waals surface area contributed by atoms with Crippen molar-refractivity contribution in [2.45, 2.75) is 19.4 Å². The lowest BCUT2D eigenvalue weighted by atomic mass is 10.1. The van der Waals surface area contributed by atoms with Gasteiger partial charge < -0.3 is 14.2 Å². The molecule has 0 fully saturated rings. The van der Waals surface area contributed by atoms with Crippen LogP contribution in [0.25, 0.3) is 0 Å². The van der Waals surface area contributed by atoms with Gasteiger partial charge in [0.05, 0.1) is 18.2 Å². The van der Waals surface area contributed by atoms with Crippen molar-refractivity contribution in [2.75, 3.05) is 7.11 Å². The van der Waals surface area contributed by atoms with Gasteiger partial charge in [0.25, 0.3) is 0 Å². The summed E-state index contributed by atoms with van der Waals surface area (Å²) in [7, 11) is 1.41. The third kappa shape index (κ3) is 6.08. The Morgan fingerprint density at radius 1 is 0.938 bits per heavy atom. The second kappa shape index (κ2) is 10.1. The number of hydrogen-bond acceptors (Lipinski definition) is 4. The predicted molar refractivity (Wildman–Crippen MR) is 114 cm³/mol. The molecule has 9 heteroatoms. The minimum Gasteiger partial charge on any atom is -0.493 e. The number of ether oxygens (including phenoxy) is 3. The van der Waals surface area contributed by atoms with Gasteiger partial charge in [0, 0.05) is 15.6 Å². The maximum Gasteiger partial charge on any atom is 0.416 e. The zero-order valence-corrected chi connectivity index (χ0v) is 18.2. The minimum atomic E-state index is -4.47.